The van der Waals surface area contributed by atoms with Gasteiger partial charge in [-0.1, -0.05) is 25.9 Å². The summed E-state index contributed by atoms with van der Waals surface area (Å²) < 4.78 is 11.0. The lowest BCUT2D eigenvalue weighted by atomic mass is 9.97. The predicted octanol–water partition coefficient (Wildman–Crippen LogP) is 3.99. The van der Waals surface area contributed by atoms with Crippen molar-refractivity contribution >= 4 is 16.8 Å². The molecule has 0 spiro atoms. The van der Waals surface area contributed by atoms with Crippen LogP contribution in [0, 0.1) is 6.92 Å². The van der Waals surface area contributed by atoms with Crippen molar-refractivity contribution in [3.8, 4) is 0 Å². The number of hydrogen-bond acceptors (Lipinski definition) is 6. The summed E-state index contributed by atoms with van der Waals surface area (Å²) in [7, 11) is 0. The van der Waals surface area contributed by atoms with Crippen LogP contribution < -0.4 is 5.32 Å². The first-order valence-electron chi connectivity index (χ1n) is 7.31. The maximum absolute atomic E-state index is 5.80. The van der Waals surface area contributed by atoms with E-state index in [4.69, 9.17) is 8.94 Å². The van der Waals surface area contributed by atoms with Gasteiger partial charge in [0.25, 0.3) is 0 Å². The van der Waals surface area contributed by atoms with Crippen molar-refractivity contribution in [2.45, 2.75) is 46.1 Å². The zero-order valence-electron chi connectivity index (χ0n) is 13.5. The van der Waals surface area contributed by atoms with Crippen LogP contribution >= 0.6 is 0 Å². The molecule has 0 radical (unpaired) electrons. The van der Waals surface area contributed by atoms with Crippen molar-refractivity contribution in [1.82, 2.24) is 15.1 Å². The molecule has 2 aromatic heterocycles. The van der Waals surface area contributed by atoms with Crippen molar-refractivity contribution in [2.24, 2.45) is 0 Å². The van der Waals surface area contributed by atoms with Crippen LogP contribution in [0.1, 0.15) is 51.3 Å². The Kier molecular flexibility index (Phi) is 3.39. The normalized spacial score (nSPS) is 13.5. The molecular weight excluding hydrogens is 280 g/mol. The molecule has 0 unspecified atom stereocenters. The highest BCUT2D eigenvalue weighted by Crippen LogP contribution is 2.28. The Labute approximate surface area is 128 Å². The van der Waals surface area contributed by atoms with E-state index in [1.165, 1.54) is 0 Å². The largest absolute Gasteiger partial charge is 0.440 e. The second-order valence-electron chi connectivity index (χ2n) is 6.50. The topological polar surface area (TPSA) is 77.0 Å². The number of hydrogen-bond donors (Lipinski definition) is 1. The summed E-state index contributed by atoms with van der Waals surface area (Å²) in [5.74, 6) is 1.93. The summed E-state index contributed by atoms with van der Waals surface area (Å²) >= 11 is 0. The first kappa shape index (κ1) is 14.6. The first-order valence-corrected chi connectivity index (χ1v) is 7.31. The van der Waals surface area contributed by atoms with Gasteiger partial charge in [-0.05, 0) is 32.0 Å². The van der Waals surface area contributed by atoms with E-state index in [0.717, 1.165) is 22.7 Å². The number of fused-ring (bicyclic) bond motifs is 1. The summed E-state index contributed by atoms with van der Waals surface area (Å²) in [6.07, 6.45) is 0. The Hall–Kier alpha value is -2.37. The molecule has 3 aromatic rings. The van der Waals surface area contributed by atoms with Crippen molar-refractivity contribution in [1.29, 1.82) is 0 Å². The van der Waals surface area contributed by atoms with Gasteiger partial charge in [0.15, 0.2) is 11.4 Å². The summed E-state index contributed by atoms with van der Waals surface area (Å²) in [6.45, 7) is 10.0. The number of anilines is 1. The molecule has 0 saturated heterocycles. The minimum absolute atomic E-state index is 0.0763. The molecule has 22 heavy (non-hydrogen) atoms. The number of oxazole rings is 1. The number of aromatic nitrogens is 3. The van der Waals surface area contributed by atoms with Crippen LogP contribution in [0.15, 0.2) is 27.1 Å². The Balaban J connectivity index is 1.85. The van der Waals surface area contributed by atoms with E-state index in [2.05, 4.69) is 41.2 Å². The SMILES string of the molecule is Cc1noc([C@H](C)Nc2ccc3oc(C(C)(C)C)nc3c2)n1. The molecule has 0 aliphatic heterocycles. The maximum atomic E-state index is 5.80. The highest BCUT2D eigenvalue weighted by molar-refractivity contribution is 5.77. The quantitative estimate of drug-likeness (QED) is 0.788. The molecule has 116 valence electrons. The molecule has 1 atom stereocenters. The average Bonchev–Trinajstić information content (AvgIpc) is 3.03. The molecule has 0 fully saturated rings. The molecule has 6 heteroatoms. The molecule has 1 aromatic carbocycles. The number of rotatable bonds is 3. The van der Waals surface area contributed by atoms with E-state index in [0.29, 0.717) is 11.7 Å². The third-order valence-electron chi connectivity index (χ3n) is 3.33. The minimum atomic E-state index is -0.110. The fraction of sp³-hybridized carbons (Fsp3) is 0.438. The first-order chi connectivity index (χ1) is 10.3. The van der Waals surface area contributed by atoms with Crippen molar-refractivity contribution in [2.75, 3.05) is 5.32 Å². The summed E-state index contributed by atoms with van der Waals surface area (Å²) in [4.78, 5) is 8.80. The molecule has 3 rings (SSSR count). The smallest absolute Gasteiger partial charge is 0.248 e. The molecule has 0 aliphatic rings. The Morgan fingerprint density at radius 1 is 1.18 bits per heavy atom. The van der Waals surface area contributed by atoms with Gasteiger partial charge in [0.1, 0.15) is 11.6 Å². The third-order valence-corrected chi connectivity index (χ3v) is 3.33. The van der Waals surface area contributed by atoms with Crippen LogP contribution in [0.3, 0.4) is 0 Å². The van der Waals surface area contributed by atoms with Crippen LogP contribution in [0.25, 0.3) is 11.1 Å². The van der Waals surface area contributed by atoms with Crippen LogP contribution in [0.2, 0.25) is 0 Å². The highest BCUT2D eigenvalue weighted by Gasteiger charge is 2.21. The molecule has 0 aliphatic carbocycles. The fourth-order valence-electron chi connectivity index (χ4n) is 2.14. The van der Waals surface area contributed by atoms with Gasteiger partial charge in [-0.3, -0.25) is 0 Å². The minimum Gasteiger partial charge on any atom is -0.440 e. The standard InChI is InChI=1S/C16H20N4O2/c1-9(14-18-10(2)20-22-14)17-11-6-7-13-12(8-11)19-15(21-13)16(3,4)5/h6-9,17H,1-5H3/t9-/m0/s1. The fourth-order valence-corrected chi connectivity index (χ4v) is 2.14. The highest BCUT2D eigenvalue weighted by atomic mass is 16.5. The van der Waals surface area contributed by atoms with E-state index in [-0.39, 0.29) is 11.5 Å². The number of nitrogens with one attached hydrogen (secondary N) is 1. The molecule has 0 bridgehead atoms. The summed E-state index contributed by atoms with van der Waals surface area (Å²) in [5, 5.41) is 7.14. The monoisotopic (exact) mass is 300 g/mol. The Bertz CT molecular complexity index is 798. The van der Waals surface area contributed by atoms with Crippen LogP contribution in [-0.4, -0.2) is 15.1 Å². The number of nitrogens with zero attached hydrogens (tertiary/aromatic N) is 3. The van der Waals surface area contributed by atoms with Gasteiger partial charge in [-0.15, -0.1) is 0 Å². The van der Waals surface area contributed by atoms with E-state index >= 15 is 0 Å². The zero-order valence-corrected chi connectivity index (χ0v) is 13.5. The van der Waals surface area contributed by atoms with Gasteiger partial charge in [0.05, 0.1) is 0 Å². The van der Waals surface area contributed by atoms with Gasteiger partial charge in [-0.2, -0.15) is 4.98 Å². The number of aryl methyl sites for hydroxylation is 1. The van der Waals surface area contributed by atoms with Gasteiger partial charge < -0.3 is 14.3 Å². The lowest BCUT2D eigenvalue weighted by Gasteiger charge is -2.11. The predicted molar refractivity (Wildman–Crippen MR) is 83.8 cm³/mol. The molecule has 0 amide bonds. The summed E-state index contributed by atoms with van der Waals surface area (Å²) in [5.41, 5.74) is 2.45. The summed E-state index contributed by atoms with van der Waals surface area (Å²) in [6, 6.07) is 5.77. The third kappa shape index (κ3) is 2.81. The van der Waals surface area contributed by atoms with Crippen molar-refractivity contribution < 1.29 is 8.94 Å². The zero-order chi connectivity index (χ0) is 15.9. The van der Waals surface area contributed by atoms with Crippen LogP contribution in [0.5, 0.6) is 0 Å². The Morgan fingerprint density at radius 2 is 1.95 bits per heavy atom. The van der Waals surface area contributed by atoms with E-state index in [1.54, 1.807) is 6.92 Å². The van der Waals surface area contributed by atoms with Gasteiger partial charge >= 0.3 is 0 Å². The van der Waals surface area contributed by atoms with E-state index < -0.39 is 0 Å². The van der Waals surface area contributed by atoms with Crippen molar-refractivity contribution in [3.63, 3.8) is 0 Å². The Morgan fingerprint density at radius 3 is 2.59 bits per heavy atom. The van der Waals surface area contributed by atoms with Gasteiger partial charge in [0.2, 0.25) is 11.8 Å². The van der Waals surface area contributed by atoms with Crippen LogP contribution in [-0.2, 0) is 5.41 Å². The van der Waals surface area contributed by atoms with Gasteiger partial charge in [0, 0.05) is 11.1 Å². The molecular formula is C16H20N4O2. The van der Waals surface area contributed by atoms with Gasteiger partial charge in [-0.25, -0.2) is 4.98 Å². The molecule has 0 saturated carbocycles. The number of benzene rings is 1. The van der Waals surface area contributed by atoms with Crippen molar-refractivity contribution in [3.05, 3.63) is 35.8 Å². The molecule has 1 N–H and O–H groups in total. The second-order valence-corrected chi connectivity index (χ2v) is 6.50. The average molecular weight is 300 g/mol. The molecule has 2 heterocycles. The van der Waals surface area contributed by atoms with Crippen LogP contribution in [0.4, 0.5) is 5.69 Å². The van der Waals surface area contributed by atoms with E-state index in [1.807, 2.05) is 25.1 Å². The lowest BCUT2D eigenvalue weighted by Crippen LogP contribution is -2.11. The van der Waals surface area contributed by atoms with E-state index in [9.17, 15) is 0 Å². The lowest BCUT2D eigenvalue weighted by molar-refractivity contribution is 0.364. The maximum Gasteiger partial charge on any atom is 0.248 e. The second kappa shape index (κ2) is 5.12. The molecule has 6 nitrogen and oxygen atoms in total.